The molecule has 2 aliphatic rings. The van der Waals surface area contributed by atoms with Gasteiger partial charge in [-0.05, 0) is 44.7 Å². The average molecular weight is 344 g/mol. The number of hydrogen-bond acceptors (Lipinski definition) is 5. The predicted molar refractivity (Wildman–Crippen MR) is 96.8 cm³/mol. The SMILES string of the molecule is Cc1cc(N2CCC3CCN(c4ccc(Cl)cn4)CC32)nc(C)n1. The van der Waals surface area contributed by atoms with Crippen molar-refractivity contribution in [2.45, 2.75) is 32.7 Å². The maximum absolute atomic E-state index is 5.97. The zero-order chi connectivity index (χ0) is 16.7. The Hall–Kier alpha value is -1.88. The molecule has 24 heavy (non-hydrogen) atoms. The van der Waals surface area contributed by atoms with Crippen LogP contribution in [0.2, 0.25) is 5.02 Å². The maximum atomic E-state index is 5.97. The van der Waals surface area contributed by atoms with E-state index in [-0.39, 0.29) is 0 Å². The lowest BCUT2D eigenvalue weighted by molar-refractivity contribution is 0.388. The van der Waals surface area contributed by atoms with Gasteiger partial charge in [-0.2, -0.15) is 0 Å². The van der Waals surface area contributed by atoms with Crippen molar-refractivity contribution in [3.05, 3.63) is 40.9 Å². The van der Waals surface area contributed by atoms with E-state index < -0.39 is 0 Å². The second kappa shape index (κ2) is 6.20. The molecule has 126 valence electrons. The molecule has 0 bridgehead atoms. The number of anilines is 2. The molecular formula is C18H22ClN5. The maximum Gasteiger partial charge on any atom is 0.132 e. The molecule has 0 radical (unpaired) electrons. The zero-order valence-corrected chi connectivity index (χ0v) is 14.9. The number of rotatable bonds is 2. The number of piperidine rings is 1. The summed E-state index contributed by atoms with van der Waals surface area (Å²) in [6.45, 7) is 7.13. The fourth-order valence-electron chi connectivity index (χ4n) is 4.03. The topological polar surface area (TPSA) is 45.2 Å². The highest BCUT2D eigenvalue weighted by atomic mass is 35.5. The van der Waals surface area contributed by atoms with Crippen LogP contribution in [-0.4, -0.2) is 40.6 Å². The highest BCUT2D eigenvalue weighted by molar-refractivity contribution is 6.30. The van der Waals surface area contributed by atoms with Crippen LogP contribution in [0, 0.1) is 19.8 Å². The van der Waals surface area contributed by atoms with E-state index in [1.807, 2.05) is 26.0 Å². The van der Waals surface area contributed by atoms with Crippen molar-refractivity contribution in [3.8, 4) is 0 Å². The van der Waals surface area contributed by atoms with E-state index >= 15 is 0 Å². The smallest absolute Gasteiger partial charge is 0.132 e. The monoisotopic (exact) mass is 343 g/mol. The molecule has 0 spiro atoms. The lowest BCUT2D eigenvalue weighted by Crippen LogP contribution is -2.48. The first kappa shape index (κ1) is 15.6. The number of hydrogen-bond donors (Lipinski definition) is 0. The molecule has 2 saturated heterocycles. The van der Waals surface area contributed by atoms with Crippen LogP contribution in [0.15, 0.2) is 24.4 Å². The number of halogens is 1. The number of pyridine rings is 1. The van der Waals surface area contributed by atoms with Crippen LogP contribution < -0.4 is 9.80 Å². The number of fused-ring (bicyclic) bond motifs is 1. The quantitative estimate of drug-likeness (QED) is 0.837. The van der Waals surface area contributed by atoms with Gasteiger partial charge >= 0.3 is 0 Å². The fraction of sp³-hybridized carbons (Fsp3) is 0.500. The van der Waals surface area contributed by atoms with Gasteiger partial charge in [0, 0.05) is 37.6 Å². The van der Waals surface area contributed by atoms with Crippen LogP contribution in [-0.2, 0) is 0 Å². The van der Waals surface area contributed by atoms with Crippen LogP contribution in [0.5, 0.6) is 0 Å². The lowest BCUT2D eigenvalue weighted by atomic mass is 9.92. The summed E-state index contributed by atoms with van der Waals surface area (Å²) in [7, 11) is 0. The van der Waals surface area contributed by atoms with Crippen molar-refractivity contribution in [1.82, 2.24) is 15.0 Å². The van der Waals surface area contributed by atoms with Crippen molar-refractivity contribution in [1.29, 1.82) is 0 Å². The minimum Gasteiger partial charge on any atom is -0.355 e. The first-order valence-corrected chi connectivity index (χ1v) is 8.93. The summed E-state index contributed by atoms with van der Waals surface area (Å²) in [4.78, 5) is 18.4. The molecular weight excluding hydrogens is 322 g/mol. The molecule has 4 heterocycles. The molecule has 0 N–H and O–H groups in total. The number of aromatic nitrogens is 3. The third kappa shape index (κ3) is 2.93. The Bertz CT molecular complexity index is 712. The molecule has 0 amide bonds. The third-order valence-electron chi connectivity index (χ3n) is 5.15. The fourth-order valence-corrected chi connectivity index (χ4v) is 4.14. The first-order valence-electron chi connectivity index (χ1n) is 8.55. The summed E-state index contributed by atoms with van der Waals surface area (Å²) < 4.78 is 0. The van der Waals surface area contributed by atoms with Gasteiger partial charge in [0.1, 0.15) is 17.5 Å². The minimum absolute atomic E-state index is 0.491. The zero-order valence-electron chi connectivity index (χ0n) is 14.1. The van der Waals surface area contributed by atoms with Gasteiger partial charge < -0.3 is 9.80 Å². The molecule has 2 fully saturated rings. The molecule has 4 rings (SSSR count). The van der Waals surface area contributed by atoms with Gasteiger partial charge in [-0.15, -0.1) is 0 Å². The third-order valence-corrected chi connectivity index (χ3v) is 5.37. The minimum atomic E-state index is 0.491. The van der Waals surface area contributed by atoms with Gasteiger partial charge in [0.25, 0.3) is 0 Å². The van der Waals surface area contributed by atoms with Gasteiger partial charge in [-0.25, -0.2) is 15.0 Å². The van der Waals surface area contributed by atoms with Gasteiger partial charge in [0.05, 0.1) is 11.1 Å². The van der Waals surface area contributed by atoms with E-state index in [2.05, 4.69) is 30.8 Å². The normalized spacial score (nSPS) is 23.5. The van der Waals surface area contributed by atoms with Crippen LogP contribution in [0.25, 0.3) is 0 Å². The second-order valence-corrected chi connectivity index (χ2v) is 7.23. The largest absolute Gasteiger partial charge is 0.355 e. The molecule has 2 unspecified atom stereocenters. The van der Waals surface area contributed by atoms with Crippen molar-refractivity contribution in [3.63, 3.8) is 0 Å². The molecule has 0 aliphatic carbocycles. The van der Waals surface area contributed by atoms with E-state index in [9.17, 15) is 0 Å². The average Bonchev–Trinajstić information content (AvgIpc) is 2.97. The Labute approximate surface area is 147 Å². The Morgan fingerprint density at radius 2 is 1.92 bits per heavy atom. The van der Waals surface area contributed by atoms with E-state index in [4.69, 9.17) is 11.6 Å². The summed E-state index contributed by atoms with van der Waals surface area (Å²) in [6.07, 6.45) is 4.18. The van der Waals surface area contributed by atoms with Gasteiger partial charge in [0.2, 0.25) is 0 Å². The Morgan fingerprint density at radius 1 is 1.08 bits per heavy atom. The summed E-state index contributed by atoms with van der Waals surface area (Å²) in [6, 6.07) is 6.53. The lowest BCUT2D eigenvalue weighted by Gasteiger charge is -2.39. The van der Waals surface area contributed by atoms with E-state index in [0.29, 0.717) is 11.1 Å². The van der Waals surface area contributed by atoms with Crippen molar-refractivity contribution >= 4 is 23.2 Å². The van der Waals surface area contributed by atoms with Crippen molar-refractivity contribution in [2.24, 2.45) is 5.92 Å². The highest BCUT2D eigenvalue weighted by Crippen LogP contribution is 2.35. The van der Waals surface area contributed by atoms with E-state index in [0.717, 1.165) is 48.7 Å². The number of nitrogens with zero attached hydrogens (tertiary/aromatic N) is 5. The summed E-state index contributed by atoms with van der Waals surface area (Å²) in [5.74, 6) is 3.67. The molecule has 2 aliphatic heterocycles. The molecule has 2 atom stereocenters. The number of aryl methyl sites for hydroxylation is 2. The summed E-state index contributed by atoms with van der Waals surface area (Å²) >= 11 is 5.97. The van der Waals surface area contributed by atoms with Gasteiger partial charge in [-0.1, -0.05) is 11.6 Å². The van der Waals surface area contributed by atoms with Gasteiger partial charge in [0.15, 0.2) is 0 Å². The van der Waals surface area contributed by atoms with Gasteiger partial charge in [-0.3, -0.25) is 0 Å². The summed E-state index contributed by atoms with van der Waals surface area (Å²) in [5, 5.41) is 0.683. The molecule has 2 aromatic heterocycles. The Kier molecular flexibility index (Phi) is 4.04. The second-order valence-electron chi connectivity index (χ2n) is 6.79. The summed E-state index contributed by atoms with van der Waals surface area (Å²) in [5.41, 5.74) is 1.04. The van der Waals surface area contributed by atoms with Crippen LogP contribution in [0.4, 0.5) is 11.6 Å². The van der Waals surface area contributed by atoms with Crippen LogP contribution in [0.1, 0.15) is 24.4 Å². The first-order chi connectivity index (χ1) is 11.6. The molecule has 2 aromatic rings. The van der Waals surface area contributed by atoms with E-state index in [1.165, 1.54) is 12.8 Å². The standard InChI is InChI=1S/C18H22ClN5/c1-12-9-18(22-13(2)21-12)24-8-6-14-5-7-23(11-16(14)24)17-4-3-15(19)10-20-17/h3-4,9-10,14,16H,5-8,11H2,1-2H3. The molecule has 0 saturated carbocycles. The molecule has 5 nitrogen and oxygen atoms in total. The van der Waals surface area contributed by atoms with E-state index in [1.54, 1.807) is 6.20 Å². The Morgan fingerprint density at radius 3 is 2.67 bits per heavy atom. The van der Waals surface area contributed by atoms with Crippen LogP contribution >= 0.6 is 11.6 Å². The molecule has 0 aromatic carbocycles. The van der Waals surface area contributed by atoms with Crippen molar-refractivity contribution < 1.29 is 0 Å². The van der Waals surface area contributed by atoms with Crippen molar-refractivity contribution in [2.75, 3.05) is 29.4 Å². The predicted octanol–water partition coefficient (Wildman–Crippen LogP) is 3.25. The molecule has 6 heteroatoms. The highest BCUT2D eigenvalue weighted by Gasteiger charge is 2.39. The Balaban J connectivity index is 1.58. The van der Waals surface area contributed by atoms with Crippen LogP contribution in [0.3, 0.4) is 0 Å².